The molecule has 1 aliphatic heterocycles. The molecule has 1 heterocycles. The van der Waals surface area contributed by atoms with Crippen molar-refractivity contribution in [2.75, 3.05) is 13.1 Å². The van der Waals surface area contributed by atoms with Crippen molar-refractivity contribution >= 4 is 11.9 Å². The Balaban J connectivity index is 2.17. The van der Waals surface area contributed by atoms with Gasteiger partial charge < -0.3 is 10.0 Å². The minimum atomic E-state index is -0.789. The minimum absolute atomic E-state index is 0.147. The van der Waals surface area contributed by atoms with E-state index in [9.17, 15) is 14.7 Å². The lowest BCUT2D eigenvalue weighted by Gasteiger charge is -2.40. The van der Waals surface area contributed by atoms with E-state index in [1.54, 1.807) is 6.92 Å². The van der Waals surface area contributed by atoms with Crippen LogP contribution >= 0.6 is 0 Å². The number of carboxylic acid groups (broad SMARTS) is 1. The van der Waals surface area contributed by atoms with Crippen molar-refractivity contribution in [2.24, 2.45) is 16.7 Å². The van der Waals surface area contributed by atoms with Crippen molar-refractivity contribution in [3.8, 4) is 0 Å². The Labute approximate surface area is 115 Å². The number of rotatable bonds is 2. The number of likely N-dealkylation sites (tertiary alicyclic amines) is 1. The highest BCUT2D eigenvalue weighted by atomic mass is 16.4. The van der Waals surface area contributed by atoms with Crippen LogP contribution in [-0.2, 0) is 9.59 Å². The maximum Gasteiger partial charge on any atom is 0.309 e. The van der Waals surface area contributed by atoms with Gasteiger partial charge in [-0.25, -0.2) is 0 Å². The highest BCUT2D eigenvalue weighted by Gasteiger charge is 2.58. The van der Waals surface area contributed by atoms with Gasteiger partial charge in [-0.3, -0.25) is 9.59 Å². The third kappa shape index (κ3) is 2.15. The number of aliphatic carboxylic acids is 1. The molecule has 1 N–H and O–H groups in total. The van der Waals surface area contributed by atoms with Crippen LogP contribution < -0.4 is 0 Å². The van der Waals surface area contributed by atoms with Crippen LogP contribution in [-0.4, -0.2) is 35.0 Å². The second-order valence-corrected chi connectivity index (χ2v) is 6.84. The maximum atomic E-state index is 12.7. The Morgan fingerprint density at radius 3 is 2.16 bits per heavy atom. The van der Waals surface area contributed by atoms with E-state index < -0.39 is 16.8 Å². The van der Waals surface area contributed by atoms with Gasteiger partial charge in [0.05, 0.1) is 5.41 Å². The summed E-state index contributed by atoms with van der Waals surface area (Å²) in [6.45, 7) is 7.37. The first-order valence-electron chi connectivity index (χ1n) is 7.33. The van der Waals surface area contributed by atoms with Crippen molar-refractivity contribution in [3.05, 3.63) is 0 Å². The first kappa shape index (κ1) is 14.4. The fourth-order valence-electron chi connectivity index (χ4n) is 3.65. The van der Waals surface area contributed by atoms with Crippen LogP contribution in [0.3, 0.4) is 0 Å². The third-order valence-corrected chi connectivity index (χ3v) is 5.66. The van der Waals surface area contributed by atoms with Gasteiger partial charge in [0.25, 0.3) is 0 Å². The van der Waals surface area contributed by atoms with Crippen molar-refractivity contribution < 1.29 is 14.7 Å². The van der Waals surface area contributed by atoms with Gasteiger partial charge in [0, 0.05) is 19.0 Å². The zero-order valence-electron chi connectivity index (χ0n) is 12.2. The van der Waals surface area contributed by atoms with Crippen LogP contribution in [0.1, 0.15) is 52.9 Å². The standard InChI is InChI=1S/C15H25NO3/c1-14(2)11(7-8-15(14,3)13(18)19)12(17)16-9-5-4-6-10-16/h11H,4-10H2,1-3H3,(H,18,19)/t11-,15-/m1/s1. The Hall–Kier alpha value is -1.06. The predicted octanol–water partition coefficient (Wildman–Crippen LogP) is 2.53. The van der Waals surface area contributed by atoms with E-state index >= 15 is 0 Å². The van der Waals surface area contributed by atoms with E-state index in [0.29, 0.717) is 12.8 Å². The number of carboxylic acids is 1. The number of hydrogen-bond donors (Lipinski definition) is 1. The lowest BCUT2D eigenvalue weighted by Crippen LogP contribution is -2.47. The first-order valence-corrected chi connectivity index (χ1v) is 7.33. The Morgan fingerprint density at radius 1 is 1.11 bits per heavy atom. The van der Waals surface area contributed by atoms with Gasteiger partial charge in [-0.05, 0) is 44.4 Å². The van der Waals surface area contributed by atoms with Gasteiger partial charge in [0.15, 0.2) is 0 Å². The van der Waals surface area contributed by atoms with Crippen molar-refractivity contribution in [1.82, 2.24) is 4.90 Å². The maximum absolute atomic E-state index is 12.7. The molecule has 1 saturated heterocycles. The van der Waals surface area contributed by atoms with E-state index in [4.69, 9.17) is 0 Å². The second-order valence-electron chi connectivity index (χ2n) is 6.84. The molecule has 2 atom stereocenters. The summed E-state index contributed by atoms with van der Waals surface area (Å²) in [6.07, 6.45) is 4.65. The molecule has 0 aromatic carbocycles. The Kier molecular flexibility index (Phi) is 3.63. The largest absolute Gasteiger partial charge is 0.481 e. The molecule has 0 unspecified atom stereocenters. The summed E-state index contributed by atoms with van der Waals surface area (Å²) in [5.41, 5.74) is -1.27. The molecule has 0 radical (unpaired) electrons. The molecule has 0 spiro atoms. The number of hydrogen-bond acceptors (Lipinski definition) is 2. The van der Waals surface area contributed by atoms with E-state index in [1.807, 2.05) is 18.7 Å². The summed E-state index contributed by atoms with van der Waals surface area (Å²) in [5.74, 6) is -0.743. The highest BCUT2D eigenvalue weighted by molar-refractivity contribution is 5.84. The SMILES string of the molecule is CC1(C)[C@@H](C(=O)N2CCCCC2)CC[C@]1(C)C(=O)O. The topological polar surface area (TPSA) is 57.6 Å². The number of nitrogens with zero attached hydrogens (tertiary/aromatic N) is 1. The van der Waals surface area contributed by atoms with Gasteiger partial charge in [-0.2, -0.15) is 0 Å². The monoisotopic (exact) mass is 267 g/mol. The van der Waals surface area contributed by atoms with Crippen LogP contribution in [0.25, 0.3) is 0 Å². The minimum Gasteiger partial charge on any atom is -0.481 e. The summed E-state index contributed by atoms with van der Waals surface area (Å²) in [4.78, 5) is 26.2. The quantitative estimate of drug-likeness (QED) is 0.836. The Morgan fingerprint density at radius 2 is 1.68 bits per heavy atom. The summed E-state index contributed by atoms with van der Waals surface area (Å²) in [7, 11) is 0. The summed E-state index contributed by atoms with van der Waals surface area (Å²) in [5, 5.41) is 9.49. The fourth-order valence-corrected chi connectivity index (χ4v) is 3.65. The van der Waals surface area contributed by atoms with Gasteiger partial charge in [-0.15, -0.1) is 0 Å². The lowest BCUT2D eigenvalue weighted by atomic mass is 9.65. The average Bonchev–Trinajstić information content (AvgIpc) is 2.62. The zero-order chi connectivity index (χ0) is 14.3. The van der Waals surface area contributed by atoms with Crippen LogP contribution in [0.5, 0.6) is 0 Å². The van der Waals surface area contributed by atoms with E-state index in [2.05, 4.69) is 0 Å². The number of carbonyl (C=O) groups excluding carboxylic acids is 1. The van der Waals surface area contributed by atoms with Crippen LogP contribution in [0.4, 0.5) is 0 Å². The molecule has 2 rings (SSSR count). The number of carbonyl (C=O) groups is 2. The molecule has 108 valence electrons. The van der Waals surface area contributed by atoms with Crippen LogP contribution in [0.2, 0.25) is 0 Å². The van der Waals surface area contributed by atoms with Crippen molar-refractivity contribution in [1.29, 1.82) is 0 Å². The van der Waals surface area contributed by atoms with E-state index in [-0.39, 0.29) is 11.8 Å². The van der Waals surface area contributed by atoms with Gasteiger partial charge in [0.1, 0.15) is 0 Å². The summed E-state index contributed by atoms with van der Waals surface area (Å²) in [6, 6.07) is 0. The number of piperidine rings is 1. The molecule has 0 aromatic rings. The fraction of sp³-hybridized carbons (Fsp3) is 0.867. The van der Waals surface area contributed by atoms with Crippen molar-refractivity contribution in [2.45, 2.75) is 52.9 Å². The molecule has 4 nitrogen and oxygen atoms in total. The smallest absolute Gasteiger partial charge is 0.309 e. The molecular weight excluding hydrogens is 242 g/mol. The molecule has 4 heteroatoms. The van der Waals surface area contributed by atoms with Gasteiger partial charge in [0.2, 0.25) is 5.91 Å². The molecule has 1 saturated carbocycles. The predicted molar refractivity (Wildman–Crippen MR) is 72.7 cm³/mol. The third-order valence-electron chi connectivity index (χ3n) is 5.66. The molecular formula is C15H25NO3. The molecule has 0 aromatic heterocycles. The van der Waals surface area contributed by atoms with Crippen molar-refractivity contribution in [3.63, 3.8) is 0 Å². The van der Waals surface area contributed by atoms with E-state index in [1.165, 1.54) is 6.42 Å². The molecule has 1 amide bonds. The highest BCUT2D eigenvalue weighted by Crippen LogP contribution is 2.56. The van der Waals surface area contributed by atoms with Crippen LogP contribution in [0, 0.1) is 16.7 Å². The average molecular weight is 267 g/mol. The van der Waals surface area contributed by atoms with E-state index in [0.717, 1.165) is 25.9 Å². The second kappa shape index (κ2) is 4.80. The molecule has 2 fully saturated rings. The summed E-state index contributed by atoms with van der Waals surface area (Å²) < 4.78 is 0. The van der Waals surface area contributed by atoms with Gasteiger partial charge in [-0.1, -0.05) is 13.8 Å². The molecule has 1 aliphatic carbocycles. The first-order chi connectivity index (χ1) is 8.80. The van der Waals surface area contributed by atoms with Crippen LogP contribution in [0.15, 0.2) is 0 Å². The molecule has 19 heavy (non-hydrogen) atoms. The molecule has 2 aliphatic rings. The Bertz CT molecular complexity index is 385. The summed E-state index contributed by atoms with van der Waals surface area (Å²) >= 11 is 0. The normalized spacial score (nSPS) is 34.3. The molecule has 0 bridgehead atoms. The number of amides is 1. The lowest BCUT2D eigenvalue weighted by molar-refractivity contribution is -0.156. The van der Waals surface area contributed by atoms with Gasteiger partial charge >= 0.3 is 5.97 Å². The zero-order valence-corrected chi connectivity index (χ0v) is 12.2.